The van der Waals surface area contributed by atoms with Crippen molar-refractivity contribution in [3.63, 3.8) is 0 Å². The topological polar surface area (TPSA) is 34.2 Å². The first-order valence-electron chi connectivity index (χ1n) is 6.51. The lowest BCUT2D eigenvalue weighted by molar-refractivity contribution is 0.239. The predicted molar refractivity (Wildman–Crippen MR) is 79.6 cm³/mol. The van der Waals surface area contributed by atoms with Crippen LogP contribution in [0.25, 0.3) is 0 Å². The van der Waals surface area contributed by atoms with Gasteiger partial charge in [0, 0.05) is 23.5 Å². The van der Waals surface area contributed by atoms with Crippen molar-refractivity contribution >= 4 is 11.3 Å². The molecule has 0 unspecified atom stereocenters. The molecule has 0 spiro atoms. The Morgan fingerprint density at radius 1 is 1.26 bits per heavy atom. The van der Waals surface area contributed by atoms with Gasteiger partial charge in [0.05, 0.1) is 17.3 Å². The molecule has 0 atom stereocenters. The monoisotopic (exact) mass is 276 g/mol. The third kappa shape index (κ3) is 4.04. The van der Waals surface area contributed by atoms with Crippen molar-refractivity contribution in [2.45, 2.75) is 40.0 Å². The van der Waals surface area contributed by atoms with Gasteiger partial charge < -0.3 is 10.1 Å². The molecule has 1 aromatic carbocycles. The second kappa shape index (κ2) is 6.68. The van der Waals surface area contributed by atoms with E-state index in [1.165, 1.54) is 10.4 Å². The molecule has 4 heteroatoms. The van der Waals surface area contributed by atoms with Crippen molar-refractivity contribution < 1.29 is 4.74 Å². The van der Waals surface area contributed by atoms with E-state index in [4.69, 9.17) is 4.74 Å². The van der Waals surface area contributed by atoms with Crippen LogP contribution in [0.2, 0.25) is 0 Å². The molecule has 0 saturated heterocycles. The van der Waals surface area contributed by atoms with Crippen LogP contribution in [0, 0.1) is 6.92 Å². The summed E-state index contributed by atoms with van der Waals surface area (Å²) < 4.78 is 5.81. The Hall–Kier alpha value is -1.39. The van der Waals surface area contributed by atoms with E-state index in [1.54, 1.807) is 11.3 Å². The third-order valence-corrected chi connectivity index (χ3v) is 3.72. The Morgan fingerprint density at radius 3 is 2.74 bits per heavy atom. The zero-order chi connectivity index (χ0) is 13.7. The molecule has 0 fully saturated rings. The Morgan fingerprint density at radius 2 is 2.05 bits per heavy atom. The first kappa shape index (κ1) is 14.0. The average molecular weight is 276 g/mol. The van der Waals surface area contributed by atoms with Crippen LogP contribution in [-0.4, -0.2) is 11.1 Å². The molecule has 19 heavy (non-hydrogen) atoms. The maximum Gasteiger partial charge on any atom is 0.124 e. The minimum absolute atomic E-state index is 0.199. The highest BCUT2D eigenvalue weighted by atomic mass is 32.1. The van der Waals surface area contributed by atoms with Gasteiger partial charge in [-0.25, -0.2) is 4.98 Å². The van der Waals surface area contributed by atoms with E-state index in [2.05, 4.69) is 16.4 Å². The van der Waals surface area contributed by atoms with Crippen molar-refractivity contribution in [1.82, 2.24) is 10.3 Å². The minimum atomic E-state index is 0.199. The van der Waals surface area contributed by atoms with Gasteiger partial charge in [0.1, 0.15) is 5.75 Å². The van der Waals surface area contributed by atoms with Gasteiger partial charge in [0.2, 0.25) is 0 Å². The van der Waals surface area contributed by atoms with E-state index in [9.17, 15) is 0 Å². The second-order valence-electron chi connectivity index (χ2n) is 4.74. The highest BCUT2D eigenvalue weighted by Gasteiger charge is 2.05. The summed E-state index contributed by atoms with van der Waals surface area (Å²) in [5, 5.41) is 3.45. The maximum atomic E-state index is 5.81. The fourth-order valence-electron chi connectivity index (χ4n) is 1.83. The van der Waals surface area contributed by atoms with Gasteiger partial charge in [-0.2, -0.15) is 0 Å². The number of thiazole rings is 1. The normalized spacial score (nSPS) is 10.9. The molecule has 3 nitrogen and oxygen atoms in total. The molecular weight excluding hydrogens is 256 g/mol. The number of ether oxygens (including phenoxy) is 1. The molecule has 1 heterocycles. The summed E-state index contributed by atoms with van der Waals surface area (Å²) in [5.41, 5.74) is 4.20. The molecule has 1 aromatic heterocycles. The summed E-state index contributed by atoms with van der Waals surface area (Å²) in [6.45, 7) is 7.80. The van der Waals surface area contributed by atoms with Gasteiger partial charge in [-0.15, -0.1) is 11.3 Å². The fourth-order valence-corrected chi connectivity index (χ4v) is 2.57. The van der Waals surface area contributed by atoms with Crippen LogP contribution in [0.4, 0.5) is 0 Å². The summed E-state index contributed by atoms with van der Waals surface area (Å²) in [7, 11) is 0. The van der Waals surface area contributed by atoms with Crippen LogP contribution < -0.4 is 10.1 Å². The summed E-state index contributed by atoms with van der Waals surface area (Å²) in [4.78, 5) is 5.55. The first-order valence-corrected chi connectivity index (χ1v) is 7.39. The molecule has 1 N–H and O–H groups in total. The smallest absolute Gasteiger partial charge is 0.124 e. The van der Waals surface area contributed by atoms with Crippen LogP contribution >= 0.6 is 11.3 Å². The number of aromatic nitrogens is 1. The number of aryl methyl sites for hydroxylation is 1. The maximum absolute atomic E-state index is 5.81. The molecule has 0 bridgehead atoms. The molecule has 0 amide bonds. The van der Waals surface area contributed by atoms with Crippen molar-refractivity contribution in [3.05, 3.63) is 45.9 Å². The largest absolute Gasteiger partial charge is 0.491 e. The van der Waals surface area contributed by atoms with Crippen LogP contribution in [-0.2, 0) is 13.1 Å². The van der Waals surface area contributed by atoms with Crippen molar-refractivity contribution in [2.24, 2.45) is 0 Å². The lowest BCUT2D eigenvalue weighted by atomic mass is 10.2. The summed E-state index contributed by atoms with van der Waals surface area (Å²) in [6, 6.07) is 8.18. The van der Waals surface area contributed by atoms with E-state index >= 15 is 0 Å². The Bertz CT molecular complexity index is 522. The number of nitrogens with one attached hydrogen (secondary N) is 1. The molecule has 0 aliphatic rings. The number of para-hydroxylation sites is 1. The molecule has 0 saturated carbocycles. The van der Waals surface area contributed by atoms with Crippen molar-refractivity contribution in [3.8, 4) is 5.75 Å². The van der Waals surface area contributed by atoms with Gasteiger partial charge in [-0.1, -0.05) is 18.2 Å². The quantitative estimate of drug-likeness (QED) is 0.876. The van der Waals surface area contributed by atoms with Gasteiger partial charge >= 0.3 is 0 Å². The van der Waals surface area contributed by atoms with Crippen molar-refractivity contribution in [2.75, 3.05) is 0 Å². The third-order valence-electron chi connectivity index (χ3n) is 2.78. The standard InChI is InChI=1S/C15H20N2OS/c1-11(2)18-14-7-5-4-6-13(14)8-16-9-15-12(3)17-10-19-15/h4-7,10-11,16H,8-9H2,1-3H3. The van der Waals surface area contributed by atoms with E-state index in [1.807, 2.05) is 44.5 Å². The highest BCUT2D eigenvalue weighted by molar-refractivity contribution is 7.09. The predicted octanol–water partition coefficient (Wildman–Crippen LogP) is 3.53. The molecule has 2 rings (SSSR count). The molecule has 0 aliphatic heterocycles. The Balaban J connectivity index is 1.94. The number of rotatable bonds is 6. The Labute approximate surface area is 118 Å². The van der Waals surface area contributed by atoms with Gasteiger partial charge in [-0.3, -0.25) is 0 Å². The van der Waals surface area contributed by atoms with E-state index < -0.39 is 0 Å². The summed E-state index contributed by atoms with van der Waals surface area (Å²) >= 11 is 1.69. The van der Waals surface area contributed by atoms with Crippen molar-refractivity contribution in [1.29, 1.82) is 0 Å². The van der Waals surface area contributed by atoms with E-state index in [0.29, 0.717) is 0 Å². The van der Waals surface area contributed by atoms with Gasteiger partial charge in [-0.05, 0) is 26.8 Å². The SMILES string of the molecule is Cc1ncsc1CNCc1ccccc1OC(C)C. The summed E-state index contributed by atoms with van der Waals surface area (Å²) in [5.74, 6) is 0.964. The first-order chi connectivity index (χ1) is 9.16. The highest BCUT2D eigenvalue weighted by Crippen LogP contribution is 2.19. The molecular formula is C15H20N2OS. The van der Waals surface area contributed by atoms with Gasteiger partial charge in [0.25, 0.3) is 0 Å². The number of nitrogens with zero attached hydrogens (tertiary/aromatic N) is 1. The minimum Gasteiger partial charge on any atom is -0.491 e. The Kier molecular flexibility index (Phi) is 4.93. The second-order valence-corrected chi connectivity index (χ2v) is 5.68. The molecule has 2 aromatic rings. The molecule has 0 radical (unpaired) electrons. The summed E-state index contributed by atoms with van der Waals surface area (Å²) in [6.07, 6.45) is 0.199. The van der Waals surface area contributed by atoms with Crippen LogP contribution in [0.15, 0.2) is 29.8 Å². The zero-order valence-corrected chi connectivity index (χ0v) is 12.5. The number of benzene rings is 1. The fraction of sp³-hybridized carbons (Fsp3) is 0.400. The molecule has 102 valence electrons. The molecule has 0 aliphatic carbocycles. The zero-order valence-electron chi connectivity index (χ0n) is 11.6. The van der Waals surface area contributed by atoms with E-state index in [0.717, 1.165) is 24.5 Å². The van der Waals surface area contributed by atoms with Crippen LogP contribution in [0.1, 0.15) is 30.0 Å². The number of hydrogen-bond donors (Lipinski definition) is 1. The number of hydrogen-bond acceptors (Lipinski definition) is 4. The van der Waals surface area contributed by atoms with Crippen LogP contribution in [0.3, 0.4) is 0 Å². The van der Waals surface area contributed by atoms with Gasteiger partial charge in [0.15, 0.2) is 0 Å². The average Bonchev–Trinajstić information content (AvgIpc) is 2.77. The van der Waals surface area contributed by atoms with E-state index in [-0.39, 0.29) is 6.10 Å². The lowest BCUT2D eigenvalue weighted by Crippen LogP contribution is -2.15. The van der Waals surface area contributed by atoms with Crippen LogP contribution in [0.5, 0.6) is 5.75 Å². The lowest BCUT2D eigenvalue weighted by Gasteiger charge is -2.14.